The molecule has 0 spiro atoms. The van der Waals surface area contributed by atoms with Gasteiger partial charge in [0.05, 0.1) is 13.1 Å². The summed E-state index contributed by atoms with van der Waals surface area (Å²) >= 11 is 0. The second-order valence-electron chi connectivity index (χ2n) is 5.21. The number of aliphatic carboxylic acids is 1. The predicted octanol–water partition coefficient (Wildman–Crippen LogP) is 0.0191. The third-order valence-electron chi connectivity index (χ3n) is 3.53. The second kappa shape index (κ2) is 5.66. The van der Waals surface area contributed by atoms with Crippen molar-refractivity contribution in [3.05, 3.63) is 11.6 Å². The number of nitrogens with zero attached hydrogens (tertiary/aromatic N) is 4. The van der Waals surface area contributed by atoms with Crippen LogP contribution in [0.2, 0.25) is 0 Å². The Morgan fingerprint density at radius 3 is 2.74 bits per heavy atom. The van der Waals surface area contributed by atoms with Gasteiger partial charge in [-0.25, -0.2) is 0 Å². The third kappa shape index (κ3) is 3.10. The number of aromatic nitrogens is 3. The van der Waals surface area contributed by atoms with E-state index in [-0.39, 0.29) is 12.6 Å². The van der Waals surface area contributed by atoms with Crippen LogP contribution in [0.3, 0.4) is 0 Å². The number of carbonyl (C=O) groups is 1. The molecular formula is C12H21N5O2. The van der Waals surface area contributed by atoms with Crippen molar-refractivity contribution in [2.75, 3.05) is 13.6 Å². The van der Waals surface area contributed by atoms with Gasteiger partial charge < -0.3 is 15.4 Å². The molecule has 19 heavy (non-hydrogen) atoms. The van der Waals surface area contributed by atoms with Crippen molar-refractivity contribution >= 4 is 5.97 Å². The van der Waals surface area contributed by atoms with Crippen molar-refractivity contribution in [1.82, 2.24) is 19.7 Å². The lowest BCUT2D eigenvalue weighted by molar-refractivity contribution is -0.138. The van der Waals surface area contributed by atoms with Gasteiger partial charge in [-0.1, -0.05) is 0 Å². The summed E-state index contributed by atoms with van der Waals surface area (Å²) in [5, 5.41) is 17.2. The Balaban J connectivity index is 2.07. The van der Waals surface area contributed by atoms with Crippen molar-refractivity contribution in [1.29, 1.82) is 0 Å². The second-order valence-corrected chi connectivity index (χ2v) is 5.21. The highest BCUT2D eigenvalue weighted by atomic mass is 16.4. The van der Waals surface area contributed by atoms with E-state index in [1.807, 2.05) is 6.92 Å². The van der Waals surface area contributed by atoms with E-state index >= 15 is 0 Å². The quantitative estimate of drug-likeness (QED) is 0.754. The molecule has 1 aromatic rings. The Hall–Kier alpha value is -1.47. The largest absolute Gasteiger partial charge is 0.480 e. The van der Waals surface area contributed by atoms with Crippen molar-refractivity contribution in [2.24, 2.45) is 5.73 Å². The molecule has 1 aliphatic carbocycles. The molecule has 106 valence electrons. The molecular weight excluding hydrogens is 246 g/mol. The van der Waals surface area contributed by atoms with Crippen molar-refractivity contribution in [2.45, 2.75) is 44.8 Å². The maximum atomic E-state index is 10.7. The van der Waals surface area contributed by atoms with Gasteiger partial charge in [0.15, 0.2) is 0 Å². The average Bonchev–Trinajstić information content (AvgIpc) is 2.66. The van der Waals surface area contributed by atoms with E-state index in [0.717, 1.165) is 31.0 Å². The summed E-state index contributed by atoms with van der Waals surface area (Å²) in [5.41, 5.74) is 5.81. The first-order valence-electron chi connectivity index (χ1n) is 6.59. The lowest BCUT2D eigenvalue weighted by atomic mass is 9.80. The number of rotatable bonds is 6. The molecule has 0 aliphatic heterocycles. The van der Waals surface area contributed by atoms with Crippen molar-refractivity contribution < 1.29 is 9.90 Å². The van der Waals surface area contributed by atoms with E-state index < -0.39 is 5.97 Å². The summed E-state index contributed by atoms with van der Waals surface area (Å²) in [4.78, 5) is 12.4. The van der Waals surface area contributed by atoms with E-state index in [9.17, 15) is 4.79 Å². The molecule has 1 aliphatic rings. The number of hydrogen-bond donors (Lipinski definition) is 2. The normalized spacial score (nSPS) is 22.5. The van der Waals surface area contributed by atoms with Crippen LogP contribution < -0.4 is 5.73 Å². The van der Waals surface area contributed by atoms with Crippen LogP contribution in [0.1, 0.15) is 37.3 Å². The van der Waals surface area contributed by atoms with Gasteiger partial charge in [0, 0.05) is 18.5 Å². The van der Waals surface area contributed by atoms with Crippen LogP contribution in [0.25, 0.3) is 0 Å². The summed E-state index contributed by atoms with van der Waals surface area (Å²) in [6, 6.07) is 0.283. The Kier molecular flexibility index (Phi) is 4.16. The SMILES string of the molecule is CCn1c(CN(C)CC(=O)O)nnc1C1CC(N)C1. The van der Waals surface area contributed by atoms with Gasteiger partial charge in [0.1, 0.15) is 11.6 Å². The van der Waals surface area contributed by atoms with Crippen LogP contribution >= 0.6 is 0 Å². The highest BCUT2D eigenvalue weighted by Gasteiger charge is 2.32. The number of likely N-dealkylation sites (N-methyl/N-ethyl adjacent to an activating group) is 1. The first kappa shape index (κ1) is 14.0. The third-order valence-corrected chi connectivity index (χ3v) is 3.53. The summed E-state index contributed by atoms with van der Waals surface area (Å²) in [7, 11) is 1.77. The lowest BCUT2D eigenvalue weighted by Gasteiger charge is -2.31. The molecule has 0 saturated heterocycles. The van der Waals surface area contributed by atoms with Crippen LogP contribution in [0, 0.1) is 0 Å². The number of hydrogen-bond acceptors (Lipinski definition) is 5. The fraction of sp³-hybridized carbons (Fsp3) is 0.750. The van der Waals surface area contributed by atoms with Crippen molar-refractivity contribution in [3.8, 4) is 0 Å². The molecule has 0 bridgehead atoms. The first-order valence-corrected chi connectivity index (χ1v) is 6.59. The molecule has 7 nitrogen and oxygen atoms in total. The van der Waals surface area contributed by atoms with Crippen molar-refractivity contribution in [3.63, 3.8) is 0 Å². The van der Waals surface area contributed by atoms with Gasteiger partial charge in [-0.2, -0.15) is 0 Å². The van der Waals surface area contributed by atoms with E-state index in [1.165, 1.54) is 0 Å². The maximum absolute atomic E-state index is 10.7. The molecule has 1 heterocycles. The van der Waals surface area contributed by atoms with E-state index in [2.05, 4.69) is 14.8 Å². The van der Waals surface area contributed by atoms with E-state index in [4.69, 9.17) is 10.8 Å². The van der Waals surface area contributed by atoms with Crippen LogP contribution in [0.15, 0.2) is 0 Å². The summed E-state index contributed by atoms with van der Waals surface area (Å²) in [6.45, 7) is 3.34. The Morgan fingerprint density at radius 1 is 1.53 bits per heavy atom. The number of carboxylic acid groups (broad SMARTS) is 1. The molecule has 0 atom stereocenters. The molecule has 0 aromatic carbocycles. The molecule has 1 fully saturated rings. The van der Waals surface area contributed by atoms with Crippen LogP contribution in [-0.2, 0) is 17.9 Å². The van der Waals surface area contributed by atoms with Crippen LogP contribution in [0.4, 0.5) is 0 Å². The van der Waals surface area contributed by atoms with Gasteiger partial charge in [-0.15, -0.1) is 10.2 Å². The highest BCUT2D eigenvalue weighted by molar-refractivity contribution is 5.68. The summed E-state index contributed by atoms with van der Waals surface area (Å²) in [5.74, 6) is 1.38. The topological polar surface area (TPSA) is 97.3 Å². The fourth-order valence-corrected chi connectivity index (χ4v) is 2.51. The molecule has 2 rings (SSSR count). The van der Waals surface area contributed by atoms with Gasteiger partial charge in [0.25, 0.3) is 0 Å². The Morgan fingerprint density at radius 2 is 2.21 bits per heavy atom. The summed E-state index contributed by atoms with van der Waals surface area (Å²) < 4.78 is 2.08. The Bertz CT molecular complexity index is 453. The minimum absolute atomic E-state index is 0.000209. The standard InChI is InChI=1S/C12H21N5O2/c1-3-17-10(6-16(2)7-11(18)19)14-15-12(17)8-4-9(13)5-8/h8-9H,3-7,13H2,1-2H3,(H,18,19). The van der Waals surface area contributed by atoms with E-state index in [0.29, 0.717) is 12.5 Å². The molecule has 0 amide bonds. The monoisotopic (exact) mass is 267 g/mol. The van der Waals surface area contributed by atoms with Gasteiger partial charge >= 0.3 is 5.97 Å². The minimum atomic E-state index is -0.838. The molecule has 1 aromatic heterocycles. The zero-order chi connectivity index (χ0) is 14.0. The number of nitrogens with two attached hydrogens (primary N) is 1. The van der Waals surface area contributed by atoms with Gasteiger partial charge in [0.2, 0.25) is 0 Å². The van der Waals surface area contributed by atoms with E-state index in [1.54, 1.807) is 11.9 Å². The van der Waals surface area contributed by atoms with Crippen LogP contribution in [0.5, 0.6) is 0 Å². The predicted molar refractivity (Wildman–Crippen MR) is 69.6 cm³/mol. The number of carboxylic acids is 1. The van der Waals surface area contributed by atoms with Gasteiger partial charge in [-0.05, 0) is 26.8 Å². The first-order chi connectivity index (χ1) is 9.01. The molecule has 7 heteroatoms. The smallest absolute Gasteiger partial charge is 0.317 e. The van der Waals surface area contributed by atoms with Gasteiger partial charge in [-0.3, -0.25) is 9.69 Å². The summed E-state index contributed by atoms with van der Waals surface area (Å²) in [6.07, 6.45) is 1.92. The van der Waals surface area contributed by atoms with Crippen LogP contribution in [-0.4, -0.2) is 50.4 Å². The molecule has 0 unspecified atom stereocenters. The minimum Gasteiger partial charge on any atom is -0.480 e. The maximum Gasteiger partial charge on any atom is 0.317 e. The lowest BCUT2D eigenvalue weighted by Crippen LogP contribution is -2.36. The fourth-order valence-electron chi connectivity index (χ4n) is 2.51. The molecule has 1 saturated carbocycles. The molecule has 0 radical (unpaired) electrons. The highest BCUT2D eigenvalue weighted by Crippen LogP contribution is 2.34. The zero-order valence-corrected chi connectivity index (χ0v) is 11.4. The molecule has 3 N–H and O–H groups in total. The average molecular weight is 267 g/mol. The Labute approximate surface area is 112 Å². The zero-order valence-electron chi connectivity index (χ0n) is 11.4.